The minimum Gasteiger partial charge on any atom is -0.489 e. The number of carbonyl (C=O) groups is 1. The molecule has 0 unspecified atom stereocenters. The molecule has 0 aliphatic heterocycles. The molecule has 0 amide bonds. The summed E-state index contributed by atoms with van der Waals surface area (Å²) in [6.45, 7) is 2.28. The Labute approximate surface area is 147 Å². The third-order valence-corrected chi connectivity index (χ3v) is 3.61. The summed E-state index contributed by atoms with van der Waals surface area (Å²) in [7, 11) is 0. The predicted molar refractivity (Wildman–Crippen MR) is 95.8 cm³/mol. The van der Waals surface area contributed by atoms with Crippen molar-refractivity contribution in [1.82, 2.24) is 4.98 Å². The summed E-state index contributed by atoms with van der Waals surface area (Å²) in [5.41, 5.74) is 2.41. The van der Waals surface area contributed by atoms with E-state index in [0.717, 1.165) is 11.1 Å². The number of nitrogens with zero attached hydrogens (tertiary/aromatic N) is 1. The van der Waals surface area contributed by atoms with Crippen molar-refractivity contribution in [3.05, 3.63) is 89.6 Å². The van der Waals surface area contributed by atoms with E-state index in [9.17, 15) is 4.79 Å². The van der Waals surface area contributed by atoms with Gasteiger partial charge in [0.25, 0.3) is 0 Å². The topological polar surface area (TPSA) is 48.4 Å². The molecule has 3 aromatic rings. The molecule has 0 radical (unpaired) electrons. The van der Waals surface area contributed by atoms with Crippen LogP contribution >= 0.6 is 0 Å². The van der Waals surface area contributed by atoms with Gasteiger partial charge in [-0.15, -0.1) is 0 Å². The third-order valence-electron chi connectivity index (χ3n) is 3.61. The van der Waals surface area contributed by atoms with Crippen LogP contribution in [-0.4, -0.2) is 10.8 Å². The number of hydrogen-bond donors (Lipinski definition) is 0. The Morgan fingerprint density at radius 2 is 1.40 bits per heavy atom. The average molecular weight is 333 g/mol. The van der Waals surface area contributed by atoms with Crippen molar-refractivity contribution >= 4 is 5.78 Å². The Kier molecular flexibility index (Phi) is 5.42. The molecule has 126 valence electrons. The highest BCUT2D eigenvalue weighted by molar-refractivity contribution is 5.92. The lowest BCUT2D eigenvalue weighted by Gasteiger charge is -2.11. The molecule has 0 N–H and O–H groups in total. The van der Waals surface area contributed by atoms with Gasteiger partial charge in [0.1, 0.15) is 24.7 Å². The average Bonchev–Trinajstić information content (AvgIpc) is 2.66. The number of hydrogen-bond acceptors (Lipinski definition) is 4. The third kappa shape index (κ3) is 4.91. The molecule has 25 heavy (non-hydrogen) atoms. The molecule has 4 nitrogen and oxygen atoms in total. The van der Waals surface area contributed by atoms with E-state index in [-0.39, 0.29) is 5.78 Å². The Hall–Kier alpha value is -3.14. The summed E-state index contributed by atoms with van der Waals surface area (Å²) in [5.74, 6) is 0.807. The monoisotopic (exact) mass is 333 g/mol. The summed E-state index contributed by atoms with van der Waals surface area (Å²) < 4.78 is 11.5. The number of carbonyl (C=O) groups excluding carboxylic acids is 1. The van der Waals surface area contributed by atoms with Crippen LogP contribution in [0.25, 0.3) is 0 Å². The van der Waals surface area contributed by atoms with Crippen molar-refractivity contribution in [3.8, 4) is 11.6 Å². The summed E-state index contributed by atoms with van der Waals surface area (Å²) in [6.07, 6.45) is 0. The van der Waals surface area contributed by atoms with Gasteiger partial charge >= 0.3 is 0 Å². The number of aromatic nitrogens is 1. The van der Waals surface area contributed by atoms with E-state index in [1.165, 1.54) is 6.92 Å². The fourth-order valence-corrected chi connectivity index (χ4v) is 2.29. The van der Waals surface area contributed by atoms with Crippen LogP contribution in [0.2, 0.25) is 0 Å². The van der Waals surface area contributed by atoms with Gasteiger partial charge in [-0.3, -0.25) is 4.79 Å². The van der Waals surface area contributed by atoms with Crippen molar-refractivity contribution < 1.29 is 14.3 Å². The van der Waals surface area contributed by atoms with E-state index in [0.29, 0.717) is 30.5 Å². The van der Waals surface area contributed by atoms with Crippen LogP contribution in [0.4, 0.5) is 0 Å². The second-order valence-corrected chi connectivity index (χ2v) is 5.63. The largest absolute Gasteiger partial charge is 0.489 e. The van der Waals surface area contributed by atoms with Gasteiger partial charge < -0.3 is 9.47 Å². The molecule has 4 heteroatoms. The maximum atomic E-state index is 11.7. The van der Waals surface area contributed by atoms with E-state index in [1.54, 1.807) is 12.1 Å². The normalized spacial score (nSPS) is 10.3. The quantitative estimate of drug-likeness (QED) is 0.600. The van der Waals surface area contributed by atoms with E-state index in [4.69, 9.17) is 9.47 Å². The number of ether oxygens (including phenoxy) is 2. The van der Waals surface area contributed by atoms with Gasteiger partial charge in [0.2, 0.25) is 5.88 Å². The maximum absolute atomic E-state index is 11.7. The number of benzene rings is 2. The summed E-state index contributed by atoms with van der Waals surface area (Å²) in [4.78, 5) is 16.0. The van der Waals surface area contributed by atoms with Gasteiger partial charge in [-0.25, -0.2) is 4.98 Å². The Morgan fingerprint density at radius 1 is 0.840 bits per heavy atom. The van der Waals surface area contributed by atoms with Crippen LogP contribution in [0, 0.1) is 0 Å². The zero-order valence-corrected chi connectivity index (χ0v) is 14.0. The molecular weight excluding hydrogens is 314 g/mol. The molecule has 0 saturated carbocycles. The summed E-state index contributed by atoms with van der Waals surface area (Å²) in [6, 6.07) is 23.0. The van der Waals surface area contributed by atoms with Crippen molar-refractivity contribution in [2.45, 2.75) is 20.1 Å². The first-order valence-electron chi connectivity index (χ1n) is 8.07. The zero-order chi connectivity index (χ0) is 17.5. The van der Waals surface area contributed by atoms with E-state index >= 15 is 0 Å². The highest BCUT2D eigenvalue weighted by atomic mass is 16.5. The number of rotatable bonds is 7. The van der Waals surface area contributed by atoms with Crippen molar-refractivity contribution in [3.63, 3.8) is 0 Å². The summed E-state index contributed by atoms with van der Waals surface area (Å²) in [5, 5.41) is 0. The minimum atomic E-state index is -0.130. The Morgan fingerprint density at radius 3 is 1.96 bits per heavy atom. The number of pyridine rings is 1. The van der Waals surface area contributed by atoms with E-state index in [1.807, 2.05) is 60.7 Å². The molecule has 3 rings (SSSR count). The fraction of sp³-hybridized carbons (Fsp3) is 0.143. The summed E-state index contributed by atoms with van der Waals surface area (Å²) >= 11 is 0. The van der Waals surface area contributed by atoms with E-state index < -0.39 is 0 Å². The van der Waals surface area contributed by atoms with Gasteiger partial charge in [-0.05, 0) is 11.1 Å². The first kappa shape index (κ1) is 16.7. The van der Waals surface area contributed by atoms with Crippen molar-refractivity contribution in [2.24, 2.45) is 0 Å². The molecule has 0 aliphatic carbocycles. The zero-order valence-electron chi connectivity index (χ0n) is 14.0. The highest BCUT2D eigenvalue weighted by Crippen LogP contribution is 2.22. The SMILES string of the molecule is CC(=O)c1cc(OCc2ccccc2)cc(OCc2ccccc2)n1. The molecule has 1 heterocycles. The lowest BCUT2D eigenvalue weighted by atomic mass is 10.2. The second-order valence-electron chi connectivity index (χ2n) is 5.63. The van der Waals surface area contributed by atoms with E-state index in [2.05, 4.69) is 4.98 Å². The smallest absolute Gasteiger partial charge is 0.217 e. The van der Waals surface area contributed by atoms with Gasteiger partial charge in [0, 0.05) is 19.1 Å². The maximum Gasteiger partial charge on any atom is 0.217 e. The highest BCUT2D eigenvalue weighted by Gasteiger charge is 2.09. The lowest BCUT2D eigenvalue weighted by Crippen LogP contribution is -2.04. The first-order valence-corrected chi connectivity index (χ1v) is 8.07. The molecular formula is C21H19NO3. The van der Waals surface area contributed by atoms with Crippen LogP contribution in [-0.2, 0) is 13.2 Å². The van der Waals surface area contributed by atoms with Crippen molar-refractivity contribution in [1.29, 1.82) is 0 Å². The number of Topliss-reactive ketones (excluding diaryl/α,β-unsaturated/α-hetero) is 1. The Balaban J connectivity index is 1.73. The van der Waals surface area contributed by atoms with Crippen molar-refractivity contribution in [2.75, 3.05) is 0 Å². The van der Waals surface area contributed by atoms with Gasteiger partial charge in [-0.2, -0.15) is 0 Å². The number of ketones is 1. The predicted octanol–water partition coefficient (Wildman–Crippen LogP) is 4.44. The van der Waals surface area contributed by atoms with Gasteiger partial charge in [-0.1, -0.05) is 60.7 Å². The molecule has 0 bridgehead atoms. The van der Waals surface area contributed by atoms with Crippen LogP contribution in [0.5, 0.6) is 11.6 Å². The molecule has 0 fully saturated rings. The van der Waals surface area contributed by atoms with Crippen LogP contribution < -0.4 is 9.47 Å². The Bertz CT molecular complexity index is 771. The van der Waals surface area contributed by atoms with Crippen LogP contribution in [0.15, 0.2) is 72.8 Å². The van der Waals surface area contributed by atoms with Crippen LogP contribution in [0.3, 0.4) is 0 Å². The molecule has 1 aromatic heterocycles. The molecule has 2 aromatic carbocycles. The standard InChI is InChI=1S/C21H19NO3/c1-16(23)20-12-19(24-14-17-8-4-2-5-9-17)13-21(22-20)25-15-18-10-6-3-7-11-18/h2-13H,14-15H2,1H3. The van der Waals surface area contributed by atoms with Gasteiger partial charge in [0.15, 0.2) is 5.78 Å². The molecule has 0 aliphatic rings. The van der Waals surface area contributed by atoms with Crippen LogP contribution in [0.1, 0.15) is 28.5 Å². The minimum absolute atomic E-state index is 0.130. The molecule has 0 saturated heterocycles. The lowest BCUT2D eigenvalue weighted by molar-refractivity contribution is 0.101. The fourth-order valence-electron chi connectivity index (χ4n) is 2.29. The first-order chi connectivity index (χ1) is 12.2. The molecule has 0 atom stereocenters. The second kappa shape index (κ2) is 8.11. The van der Waals surface area contributed by atoms with Gasteiger partial charge in [0.05, 0.1) is 0 Å². The molecule has 0 spiro atoms.